The molecule has 0 unspecified atom stereocenters. The lowest BCUT2D eigenvalue weighted by molar-refractivity contribution is 0.162. The fourth-order valence-corrected chi connectivity index (χ4v) is 5.69. The van der Waals surface area contributed by atoms with Crippen LogP contribution in [-0.2, 0) is 0 Å². The van der Waals surface area contributed by atoms with Gasteiger partial charge in [0.05, 0.1) is 23.1 Å². The van der Waals surface area contributed by atoms with E-state index in [1.165, 1.54) is 12.1 Å². The molecule has 44 heavy (non-hydrogen) atoms. The van der Waals surface area contributed by atoms with Crippen molar-refractivity contribution in [1.82, 2.24) is 35.4 Å². The van der Waals surface area contributed by atoms with Gasteiger partial charge in [-0.25, -0.2) is 4.39 Å². The first-order valence-corrected chi connectivity index (χ1v) is 14.9. The second-order valence-corrected chi connectivity index (χ2v) is 11.4. The van der Waals surface area contributed by atoms with Gasteiger partial charge in [-0.2, -0.15) is 5.10 Å². The lowest BCUT2D eigenvalue weighted by atomic mass is 10.0. The van der Waals surface area contributed by atoms with Crippen molar-refractivity contribution in [2.24, 2.45) is 0 Å². The van der Waals surface area contributed by atoms with E-state index in [4.69, 9.17) is 9.47 Å². The van der Waals surface area contributed by atoms with Gasteiger partial charge < -0.3 is 24.7 Å². The molecule has 0 saturated carbocycles. The van der Waals surface area contributed by atoms with Crippen LogP contribution in [0.2, 0.25) is 0 Å². The molecule has 3 N–H and O–H groups in total. The van der Waals surface area contributed by atoms with Gasteiger partial charge in [-0.05, 0) is 88.1 Å². The summed E-state index contributed by atoms with van der Waals surface area (Å²) in [6, 6.07) is 16.9. The third kappa shape index (κ3) is 5.86. The highest BCUT2D eigenvalue weighted by molar-refractivity contribution is 6.01. The molecule has 5 heterocycles. The number of pyridine rings is 2. The van der Waals surface area contributed by atoms with Crippen LogP contribution in [0.4, 0.5) is 4.39 Å². The molecule has 0 atom stereocenters. The Morgan fingerprint density at radius 3 is 2.57 bits per heavy atom. The number of hydrogen-bond donors (Lipinski definition) is 3. The lowest BCUT2D eigenvalue weighted by Crippen LogP contribution is -2.34. The van der Waals surface area contributed by atoms with Gasteiger partial charge in [-0.3, -0.25) is 15.1 Å². The van der Waals surface area contributed by atoms with Gasteiger partial charge in [-0.15, -0.1) is 0 Å². The number of rotatable bonds is 9. The van der Waals surface area contributed by atoms with Gasteiger partial charge in [-0.1, -0.05) is 6.07 Å². The topological polar surface area (TPSA) is 104 Å². The SMILES string of the molecule is CN(C)CCOc1cc(F)cc(-c2nccc3[nH]c(-c4n[nH]c5ccc(-c6cncc(OC7CCNCC7)c6)cc45)cc23)c1. The Morgan fingerprint density at radius 1 is 0.864 bits per heavy atom. The van der Waals surface area contributed by atoms with Crippen molar-refractivity contribution in [3.63, 3.8) is 0 Å². The predicted octanol–water partition coefficient (Wildman–Crippen LogP) is 6.05. The molecule has 1 aliphatic heterocycles. The molecule has 4 aromatic heterocycles. The minimum absolute atomic E-state index is 0.201. The van der Waals surface area contributed by atoms with Crippen LogP contribution in [0.5, 0.6) is 11.5 Å². The highest BCUT2D eigenvalue weighted by atomic mass is 19.1. The largest absolute Gasteiger partial charge is 0.492 e. The van der Waals surface area contributed by atoms with Crippen molar-refractivity contribution in [1.29, 1.82) is 0 Å². The maximum Gasteiger partial charge on any atom is 0.138 e. The van der Waals surface area contributed by atoms with E-state index in [9.17, 15) is 4.39 Å². The minimum atomic E-state index is -0.373. The fraction of sp³-hybridized carbons (Fsp3) is 0.265. The van der Waals surface area contributed by atoms with Crippen molar-refractivity contribution in [3.8, 4) is 45.3 Å². The van der Waals surface area contributed by atoms with Crippen LogP contribution in [0.25, 0.3) is 55.6 Å². The Hall–Kier alpha value is -4.80. The number of nitrogens with zero attached hydrogens (tertiary/aromatic N) is 4. The first kappa shape index (κ1) is 28.0. The lowest BCUT2D eigenvalue weighted by Gasteiger charge is -2.23. The molecule has 224 valence electrons. The fourth-order valence-electron chi connectivity index (χ4n) is 5.69. The van der Waals surface area contributed by atoms with Crippen LogP contribution < -0.4 is 14.8 Å². The molecule has 1 saturated heterocycles. The summed E-state index contributed by atoms with van der Waals surface area (Å²) < 4.78 is 26.7. The first-order chi connectivity index (χ1) is 21.5. The summed E-state index contributed by atoms with van der Waals surface area (Å²) in [6.45, 7) is 3.13. The molecule has 1 fully saturated rings. The molecule has 6 aromatic rings. The van der Waals surface area contributed by atoms with Crippen LogP contribution in [0.1, 0.15) is 12.8 Å². The molecule has 1 aliphatic rings. The quantitative estimate of drug-likeness (QED) is 0.188. The highest BCUT2D eigenvalue weighted by Crippen LogP contribution is 2.36. The summed E-state index contributed by atoms with van der Waals surface area (Å²) in [4.78, 5) is 14.6. The van der Waals surface area contributed by atoms with Crippen LogP contribution >= 0.6 is 0 Å². The van der Waals surface area contributed by atoms with E-state index in [2.05, 4.69) is 42.6 Å². The van der Waals surface area contributed by atoms with Crippen molar-refractivity contribution in [2.75, 3.05) is 40.3 Å². The molecular weight excluding hydrogens is 557 g/mol. The number of hydrogen-bond acceptors (Lipinski definition) is 7. The number of halogens is 1. The third-order valence-electron chi connectivity index (χ3n) is 7.95. The summed E-state index contributed by atoms with van der Waals surface area (Å²) >= 11 is 0. The minimum Gasteiger partial charge on any atom is -0.492 e. The van der Waals surface area contributed by atoms with Gasteiger partial charge in [0.2, 0.25) is 0 Å². The molecule has 0 amide bonds. The molecule has 7 rings (SSSR count). The van der Waals surface area contributed by atoms with Gasteiger partial charge in [0.25, 0.3) is 0 Å². The van der Waals surface area contributed by atoms with Crippen molar-refractivity contribution >= 4 is 21.8 Å². The summed E-state index contributed by atoms with van der Waals surface area (Å²) in [7, 11) is 3.94. The molecule has 0 radical (unpaired) electrons. The standard InChI is InChI=1S/C34H34FN7O2/c1-42(2)11-12-43-26-14-22(13-24(35)17-26)33-29-18-32(39-30(29)7-10-38-33)34-28-16-21(3-4-31(28)40-41-34)23-15-27(20-37-19-23)44-25-5-8-36-9-6-25/h3-4,7,10,13-20,25,36,39H,5-6,8-9,11-12H2,1-2H3,(H,40,41). The van der Waals surface area contributed by atoms with Crippen LogP contribution in [-0.4, -0.2) is 76.5 Å². The number of aromatic nitrogens is 5. The zero-order valence-corrected chi connectivity index (χ0v) is 24.7. The zero-order chi connectivity index (χ0) is 30.0. The Balaban J connectivity index is 1.21. The number of H-pyrrole nitrogens is 2. The maximum absolute atomic E-state index is 14.7. The average molecular weight is 592 g/mol. The normalized spacial score (nSPS) is 14.1. The first-order valence-electron chi connectivity index (χ1n) is 14.9. The Morgan fingerprint density at radius 2 is 1.70 bits per heavy atom. The van der Waals surface area contributed by atoms with Gasteiger partial charge >= 0.3 is 0 Å². The zero-order valence-electron chi connectivity index (χ0n) is 24.7. The number of aromatic amines is 2. The molecule has 10 heteroatoms. The van der Waals surface area contributed by atoms with Crippen molar-refractivity contribution in [2.45, 2.75) is 18.9 Å². The Kier molecular flexibility index (Phi) is 7.68. The van der Waals surface area contributed by atoms with E-state index in [1.54, 1.807) is 12.4 Å². The van der Waals surface area contributed by atoms with Crippen LogP contribution in [0.15, 0.2) is 73.2 Å². The molecule has 0 bridgehead atoms. The Bertz CT molecular complexity index is 1930. The van der Waals surface area contributed by atoms with E-state index in [0.717, 1.165) is 82.5 Å². The van der Waals surface area contributed by atoms with Gasteiger partial charge in [0.1, 0.15) is 35.7 Å². The molecular formula is C34H34FN7O2. The van der Waals surface area contributed by atoms with E-state index in [-0.39, 0.29) is 11.9 Å². The van der Waals surface area contributed by atoms with E-state index >= 15 is 0 Å². The molecule has 9 nitrogen and oxygen atoms in total. The van der Waals surface area contributed by atoms with Crippen LogP contribution in [0, 0.1) is 5.82 Å². The summed E-state index contributed by atoms with van der Waals surface area (Å²) in [5.74, 6) is 0.880. The number of likely N-dealkylation sites (N-methyl/N-ethyl adjacent to an activating group) is 1. The summed E-state index contributed by atoms with van der Waals surface area (Å²) in [5, 5.41) is 13.0. The second kappa shape index (κ2) is 12.1. The van der Waals surface area contributed by atoms with E-state index in [0.29, 0.717) is 23.6 Å². The number of ether oxygens (including phenoxy) is 2. The summed E-state index contributed by atoms with van der Waals surface area (Å²) in [5.41, 5.74) is 6.72. The maximum atomic E-state index is 14.7. The predicted molar refractivity (Wildman–Crippen MR) is 170 cm³/mol. The number of benzene rings is 2. The van der Waals surface area contributed by atoms with E-state index < -0.39 is 0 Å². The summed E-state index contributed by atoms with van der Waals surface area (Å²) in [6.07, 6.45) is 7.53. The molecule has 0 spiro atoms. The number of piperidine rings is 1. The second-order valence-electron chi connectivity index (χ2n) is 11.4. The molecule has 0 aliphatic carbocycles. The van der Waals surface area contributed by atoms with Gasteiger partial charge in [0, 0.05) is 52.4 Å². The van der Waals surface area contributed by atoms with Gasteiger partial charge in [0.15, 0.2) is 0 Å². The Labute approximate surface area is 254 Å². The molecule has 2 aromatic carbocycles. The third-order valence-corrected chi connectivity index (χ3v) is 7.95. The monoisotopic (exact) mass is 591 g/mol. The smallest absolute Gasteiger partial charge is 0.138 e. The number of fused-ring (bicyclic) bond motifs is 2. The average Bonchev–Trinajstić information content (AvgIpc) is 3.65. The highest BCUT2D eigenvalue weighted by Gasteiger charge is 2.18. The van der Waals surface area contributed by atoms with Crippen LogP contribution in [0.3, 0.4) is 0 Å². The van der Waals surface area contributed by atoms with E-state index in [1.807, 2.05) is 55.5 Å². The van der Waals surface area contributed by atoms with Crippen molar-refractivity contribution < 1.29 is 13.9 Å². The number of nitrogens with one attached hydrogen (secondary N) is 3. The van der Waals surface area contributed by atoms with Crippen molar-refractivity contribution in [3.05, 3.63) is 79.0 Å².